The Morgan fingerprint density at radius 2 is 2.31 bits per heavy atom. The molecule has 0 N–H and O–H groups in total. The van der Waals surface area contributed by atoms with Crippen molar-refractivity contribution in [1.29, 1.82) is 0 Å². The third-order valence-electron chi connectivity index (χ3n) is 3.54. The molecule has 2 unspecified atom stereocenters. The second kappa shape index (κ2) is 5.64. The molecule has 2 heterocycles. The molecule has 4 nitrogen and oxygen atoms in total. The smallest absolute Gasteiger partial charge is 0.310 e. The van der Waals surface area contributed by atoms with E-state index in [0.29, 0.717) is 6.10 Å². The van der Waals surface area contributed by atoms with Crippen LogP contribution in [0.2, 0.25) is 0 Å². The fourth-order valence-corrected chi connectivity index (χ4v) is 2.60. The summed E-state index contributed by atoms with van der Waals surface area (Å²) in [7, 11) is 1.47. The van der Waals surface area contributed by atoms with Crippen molar-refractivity contribution in [1.82, 2.24) is 4.90 Å². The van der Waals surface area contributed by atoms with Crippen LogP contribution in [-0.4, -0.2) is 50.3 Å². The van der Waals surface area contributed by atoms with Crippen LogP contribution in [-0.2, 0) is 14.3 Å². The van der Waals surface area contributed by atoms with Crippen LogP contribution < -0.4 is 0 Å². The summed E-state index contributed by atoms with van der Waals surface area (Å²) in [4.78, 5) is 13.7. The van der Waals surface area contributed by atoms with Gasteiger partial charge < -0.3 is 9.47 Å². The number of likely N-dealkylation sites (tertiary alicyclic amines) is 1. The van der Waals surface area contributed by atoms with Crippen LogP contribution in [0.4, 0.5) is 0 Å². The van der Waals surface area contributed by atoms with Gasteiger partial charge in [-0.15, -0.1) is 0 Å². The van der Waals surface area contributed by atoms with Gasteiger partial charge in [0.2, 0.25) is 0 Å². The van der Waals surface area contributed by atoms with Crippen molar-refractivity contribution in [3.05, 3.63) is 0 Å². The average Bonchev–Trinajstić information content (AvgIpc) is 2.78. The Bertz CT molecular complexity index is 238. The minimum Gasteiger partial charge on any atom is -0.469 e. The maximum Gasteiger partial charge on any atom is 0.310 e. The molecule has 2 aliphatic rings. The van der Waals surface area contributed by atoms with E-state index < -0.39 is 0 Å². The van der Waals surface area contributed by atoms with Gasteiger partial charge >= 0.3 is 5.97 Å². The molecule has 0 aromatic carbocycles. The van der Waals surface area contributed by atoms with Crippen molar-refractivity contribution in [3.8, 4) is 0 Å². The third kappa shape index (κ3) is 2.95. The average molecular weight is 227 g/mol. The molecule has 92 valence electrons. The normalized spacial score (nSPS) is 31.6. The van der Waals surface area contributed by atoms with Crippen LogP contribution in [0.3, 0.4) is 0 Å². The Hall–Kier alpha value is -0.610. The van der Waals surface area contributed by atoms with Crippen LogP contribution in [0.15, 0.2) is 0 Å². The van der Waals surface area contributed by atoms with Crippen LogP contribution in [0.1, 0.15) is 25.7 Å². The highest BCUT2D eigenvalue weighted by atomic mass is 16.5. The molecule has 2 aliphatic heterocycles. The van der Waals surface area contributed by atoms with Gasteiger partial charge in [-0.05, 0) is 32.2 Å². The number of ether oxygens (including phenoxy) is 2. The standard InChI is InChI=1S/C12H21NO3/c1-15-12(14)10-5-6-13(8-10)9-11-4-2-3-7-16-11/h10-11H,2-9H2,1H3. The highest BCUT2D eigenvalue weighted by Crippen LogP contribution is 2.20. The lowest BCUT2D eigenvalue weighted by Crippen LogP contribution is -2.35. The first kappa shape index (κ1) is 11.9. The second-order valence-electron chi connectivity index (χ2n) is 4.76. The molecule has 0 aromatic rings. The van der Waals surface area contributed by atoms with Gasteiger partial charge in [0.25, 0.3) is 0 Å². The monoisotopic (exact) mass is 227 g/mol. The number of hydrogen-bond acceptors (Lipinski definition) is 4. The van der Waals surface area contributed by atoms with Crippen LogP contribution >= 0.6 is 0 Å². The molecular formula is C12H21NO3. The molecule has 0 aliphatic carbocycles. The summed E-state index contributed by atoms with van der Waals surface area (Å²) in [6.07, 6.45) is 4.95. The van der Waals surface area contributed by atoms with E-state index in [4.69, 9.17) is 9.47 Å². The largest absolute Gasteiger partial charge is 0.469 e. The van der Waals surface area contributed by atoms with Crippen LogP contribution in [0.5, 0.6) is 0 Å². The van der Waals surface area contributed by atoms with E-state index in [0.717, 1.165) is 32.7 Å². The van der Waals surface area contributed by atoms with E-state index in [-0.39, 0.29) is 11.9 Å². The molecule has 2 saturated heterocycles. The minimum absolute atomic E-state index is 0.0629. The second-order valence-corrected chi connectivity index (χ2v) is 4.76. The Balaban J connectivity index is 1.73. The number of carbonyl (C=O) groups excluding carboxylic acids is 1. The van der Waals surface area contributed by atoms with E-state index in [1.807, 2.05) is 0 Å². The van der Waals surface area contributed by atoms with E-state index in [1.165, 1.54) is 26.4 Å². The molecule has 0 spiro atoms. The van der Waals surface area contributed by atoms with Crippen molar-refractivity contribution in [2.24, 2.45) is 5.92 Å². The zero-order valence-corrected chi connectivity index (χ0v) is 9.98. The fourth-order valence-electron chi connectivity index (χ4n) is 2.60. The number of hydrogen-bond donors (Lipinski definition) is 0. The molecule has 2 rings (SSSR count). The van der Waals surface area contributed by atoms with Crippen molar-refractivity contribution >= 4 is 5.97 Å². The molecular weight excluding hydrogens is 206 g/mol. The third-order valence-corrected chi connectivity index (χ3v) is 3.54. The summed E-state index contributed by atoms with van der Waals surface area (Å²) in [6.45, 7) is 3.72. The molecule has 4 heteroatoms. The Labute approximate surface area is 96.9 Å². The Morgan fingerprint density at radius 3 is 3.00 bits per heavy atom. The number of methoxy groups -OCH3 is 1. The molecule has 0 radical (unpaired) electrons. The van der Waals surface area contributed by atoms with Crippen molar-refractivity contribution < 1.29 is 14.3 Å². The fraction of sp³-hybridized carbons (Fsp3) is 0.917. The molecule has 0 bridgehead atoms. The number of rotatable bonds is 3. The van der Waals surface area contributed by atoms with E-state index in [1.54, 1.807) is 0 Å². The molecule has 0 amide bonds. The quantitative estimate of drug-likeness (QED) is 0.676. The summed E-state index contributed by atoms with van der Waals surface area (Å²) in [5, 5.41) is 0. The molecule has 16 heavy (non-hydrogen) atoms. The van der Waals surface area contributed by atoms with Gasteiger partial charge in [-0.3, -0.25) is 9.69 Å². The molecule has 2 fully saturated rings. The van der Waals surface area contributed by atoms with E-state index in [2.05, 4.69) is 4.90 Å². The van der Waals surface area contributed by atoms with Crippen molar-refractivity contribution in [2.45, 2.75) is 31.8 Å². The summed E-state index contributed by atoms with van der Waals surface area (Å²) in [5.74, 6) is 0.0145. The van der Waals surface area contributed by atoms with Crippen LogP contribution in [0, 0.1) is 5.92 Å². The zero-order valence-electron chi connectivity index (χ0n) is 9.98. The first-order chi connectivity index (χ1) is 7.79. The molecule has 0 saturated carbocycles. The minimum atomic E-state index is -0.0629. The lowest BCUT2D eigenvalue weighted by molar-refractivity contribution is -0.145. The predicted octanol–water partition coefficient (Wildman–Crippen LogP) is 1.05. The summed E-state index contributed by atoms with van der Waals surface area (Å²) in [5.41, 5.74) is 0. The van der Waals surface area contributed by atoms with E-state index in [9.17, 15) is 4.79 Å². The van der Waals surface area contributed by atoms with Gasteiger partial charge in [-0.1, -0.05) is 0 Å². The SMILES string of the molecule is COC(=O)C1CCN(CC2CCCCO2)C1. The van der Waals surface area contributed by atoms with Gasteiger partial charge in [-0.25, -0.2) is 0 Å². The van der Waals surface area contributed by atoms with Crippen molar-refractivity contribution in [3.63, 3.8) is 0 Å². The first-order valence-electron chi connectivity index (χ1n) is 6.21. The highest BCUT2D eigenvalue weighted by molar-refractivity contribution is 5.72. The van der Waals surface area contributed by atoms with Gasteiger partial charge in [0, 0.05) is 19.7 Å². The summed E-state index contributed by atoms with van der Waals surface area (Å²) in [6, 6.07) is 0. The summed E-state index contributed by atoms with van der Waals surface area (Å²) < 4.78 is 10.5. The number of esters is 1. The number of nitrogens with zero attached hydrogens (tertiary/aromatic N) is 1. The molecule has 2 atom stereocenters. The zero-order chi connectivity index (χ0) is 11.4. The maximum absolute atomic E-state index is 11.4. The lowest BCUT2D eigenvalue weighted by atomic mass is 10.1. The Kier molecular flexibility index (Phi) is 4.18. The van der Waals surface area contributed by atoms with Gasteiger partial charge in [0.1, 0.15) is 0 Å². The maximum atomic E-state index is 11.4. The Morgan fingerprint density at radius 1 is 1.44 bits per heavy atom. The van der Waals surface area contributed by atoms with E-state index >= 15 is 0 Å². The lowest BCUT2D eigenvalue weighted by Gasteiger charge is -2.27. The van der Waals surface area contributed by atoms with Gasteiger partial charge in [0.15, 0.2) is 0 Å². The highest BCUT2D eigenvalue weighted by Gasteiger charge is 2.30. The topological polar surface area (TPSA) is 38.8 Å². The predicted molar refractivity (Wildman–Crippen MR) is 60.2 cm³/mol. The van der Waals surface area contributed by atoms with Crippen LogP contribution in [0.25, 0.3) is 0 Å². The molecule has 0 aromatic heterocycles. The first-order valence-corrected chi connectivity index (χ1v) is 6.21. The van der Waals surface area contributed by atoms with Crippen molar-refractivity contribution in [2.75, 3.05) is 33.4 Å². The van der Waals surface area contributed by atoms with Gasteiger partial charge in [0.05, 0.1) is 19.1 Å². The number of carbonyl (C=O) groups is 1. The summed E-state index contributed by atoms with van der Waals surface area (Å²) >= 11 is 0. The van der Waals surface area contributed by atoms with Gasteiger partial charge in [-0.2, -0.15) is 0 Å².